The lowest BCUT2D eigenvalue weighted by Gasteiger charge is -2.28. The van der Waals surface area contributed by atoms with Crippen LogP contribution in [0.15, 0.2) is 35.8 Å². The maximum Gasteiger partial charge on any atom is 0.224 e. The highest BCUT2D eigenvalue weighted by atomic mass is 35.5. The molecule has 1 fully saturated rings. The van der Waals surface area contributed by atoms with Gasteiger partial charge in [-0.05, 0) is 18.0 Å². The minimum absolute atomic E-state index is 0.239. The number of halogens is 2. The summed E-state index contributed by atoms with van der Waals surface area (Å²) in [4.78, 5) is 16.7. The number of fused-ring (bicyclic) bond motifs is 3. The Labute approximate surface area is 209 Å². The first kappa shape index (κ1) is 23.3. The zero-order valence-electron chi connectivity index (χ0n) is 18.8. The monoisotopic (exact) mass is 514 g/mol. The molecule has 2 atom stereocenters. The van der Waals surface area contributed by atoms with E-state index in [9.17, 15) is 0 Å². The van der Waals surface area contributed by atoms with Crippen molar-refractivity contribution in [1.29, 1.82) is 0 Å². The second kappa shape index (κ2) is 9.63. The Hall–Kier alpha value is -3.50. The minimum atomic E-state index is -0.254. The lowest BCUT2D eigenvalue weighted by atomic mass is 10.0. The van der Waals surface area contributed by atoms with Crippen LogP contribution in [0.1, 0.15) is 6.42 Å². The Kier molecular flexibility index (Phi) is 6.40. The number of benzene rings is 1. The Morgan fingerprint density at radius 2 is 1.94 bits per heavy atom. The van der Waals surface area contributed by atoms with E-state index in [-0.39, 0.29) is 12.1 Å². The van der Waals surface area contributed by atoms with E-state index in [1.807, 2.05) is 10.5 Å². The Balaban J connectivity index is 1.64. The van der Waals surface area contributed by atoms with Gasteiger partial charge in [0.05, 0.1) is 43.0 Å². The average molecular weight is 515 g/mol. The third-order valence-electron chi connectivity index (χ3n) is 5.88. The van der Waals surface area contributed by atoms with Crippen LogP contribution in [0.25, 0.3) is 38.3 Å². The fourth-order valence-corrected chi connectivity index (χ4v) is 4.89. The van der Waals surface area contributed by atoms with Crippen LogP contribution in [-0.2, 0) is 4.74 Å². The first-order valence-electron chi connectivity index (χ1n) is 10.7. The van der Waals surface area contributed by atoms with Crippen molar-refractivity contribution in [2.75, 3.05) is 32.8 Å². The van der Waals surface area contributed by atoms with Crippen LogP contribution in [0.4, 0.5) is 5.95 Å². The van der Waals surface area contributed by atoms with Crippen molar-refractivity contribution in [1.82, 2.24) is 19.4 Å². The number of pyridine rings is 1. The van der Waals surface area contributed by atoms with Gasteiger partial charge in [-0.1, -0.05) is 28.3 Å². The summed E-state index contributed by atoms with van der Waals surface area (Å²) in [5.41, 5.74) is 11.3. The third-order valence-corrected chi connectivity index (χ3v) is 6.63. The Morgan fingerprint density at radius 3 is 2.66 bits per heavy atom. The van der Waals surface area contributed by atoms with Crippen LogP contribution in [0.3, 0.4) is 0 Å². The van der Waals surface area contributed by atoms with E-state index in [1.165, 1.54) is 14.2 Å². The summed E-state index contributed by atoms with van der Waals surface area (Å²) < 4.78 is 18.2. The molecule has 0 bridgehead atoms. The van der Waals surface area contributed by atoms with Gasteiger partial charge >= 0.3 is 0 Å². The van der Waals surface area contributed by atoms with Gasteiger partial charge in [-0.15, -0.1) is 0 Å². The van der Waals surface area contributed by atoms with Crippen molar-refractivity contribution < 1.29 is 14.2 Å². The first-order valence-corrected chi connectivity index (χ1v) is 11.4. The van der Waals surface area contributed by atoms with Crippen molar-refractivity contribution in [2.45, 2.75) is 18.5 Å². The standard InChI is InChI=1S/C22H20Cl2N8O3/c1-33-15-8-16(34-2)19(24)17(18(15)23)12-7-11-9-27-22(29-20(11)32-5-4-26-21(12)32)28-14-10-35-6-3-13(14)30-31-25/h4-5,7-9,13-14H,3,6,10H2,1-2H3,(H,27,28,29)/t13-,14+/m0/s1. The maximum atomic E-state index is 8.88. The summed E-state index contributed by atoms with van der Waals surface area (Å²) in [6.07, 6.45) is 5.78. The summed E-state index contributed by atoms with van der Waals surface area (Å²) in [6, 6.07) is 3.02. The molecule has 5 rings (SSSR count). The molecule has 1 saturated heterocycles. The van der Waals surface area contributed by atoms with Crippen molar-refractivity contribution in [3.63, 3.8) is 0 Å². The molecular weight excluding hydrogens is 495 g/mol. The maximum absolute atomic E-state index is 8.88. The number of methoxy groups -OCH3 is 2. The Morgan fingerprint density at radius 1 is 1.17 bits per heavy atom. The largest absolute Gasteiger partial charge is 0.495 e. The highest BCUT2D eigenvalue weighted by Crippen LogP contribution is 2.47. The summed E-state index contributed by atoms with van der Waals surface area (Å²) in [5.74, 6) is 1.23. The number of nitrogens with zero attached hydrogens (tertiary/aromatic N) is 7. The highest BCUT2D eigenvalue weighted by molar-refractivity contribution is 6.41. The molecule has 3 aromatic heterocycles. The van der Waals surface area contributed by atoms with Crippen molar-refractivity contribution >= 4 is 45.8 Å². The molecule has 0 amide bonds. The predicted molar refractivity (Wildman–Crippen MR) is 133 cm³/mol. The van der Waals surface area contributed by atoms with Crippen LogP contribution < -0.4 is 14.8 Å². The van der Waals surface area contributed by atoms with E-state index in [0.29, 0.717) is 69.5 Å². The van der Waals surface area contributed by atoms with Crippen LogP contribution in [0.5, 0.6) is 11.5 Å². The molecule has 1 N–H and O–H groups in total. The van der Waals surface area contributed by atoms with Gasteiger partial charge in [-0.25, -0.2) is 9.97 Å². The average Bonchev–Trinajstić information content (AvgIpc) is 3.36. The van der Waals surface area contributed by atoms with Crippen LogP contribution in [0.2, 0.25) is 10.0 Å². The molecular formula is C22H20Cl2N8O3. The van der Waals surface area contributed by atoms with E-state index in [1.54, 1.807) is 24.7 Å². The number of aromatic nitrogens is 4. The molecule has 4 aromatic rings. The number of ether oxygens (including phenoxy) is 3. The number of azide groups is 1. The predicted octanol–water partition coefficient (Wildman–Crippen LogP) is 5.15. The molecule has 0 saturated carbocycles. The van der Waals surface area contributed by atoms with Gasteiger partial charge in [0.1, 0.15) is 17.1 Å². The zero-order valence-corrected chi connectivity index (χ0v) is 20.3. The molecule has 0 spiro atoms. The normalized spacial score (nSPS) is 17.8. The van der Waals surface area contributed by atoms with Gasteiger partial charge in [0.2, 0.25) is 5.95 Å². The fourth-order valence-electron chi connectivity index (χ4n) is 4.18. The molecule has 1 aliphatic rings. The SMILES string of the molecule is COc1cc(OC)c(Cl)c(-c2cc3cnc(N[C@@H]4COCC[C@@H]4N=[N+]=[N-])nc3n3ccnc23)c1Cl. The van der Waals surface area contributed by atoms with E-state index < -0.39 is 0 Å². The molecule has 11 nitrogen and oxygen atoms in total. The number of hydrogen-bond donors (Lipinski definition) is 1. The summed E-state index contributed by atoms with van der Waals surface area (Å²) in [5, 5.41) is 8.52. The van der Waals surface area contributed by atoms with Crippen LogP contribution >= 0.6 is 23.2 Å². The number of anilines is 1. The smallest absolute Gasteiger partial charge is 0.224 e. The number of rotatable bonds is 6. The lowest BCUT2D eigenvalue weighted by molar-refractivity contribution is 0.0767. The molecule has 180 valence electrons. The molecule has 1 aliphatic heterocycles. The van der Waals surface area contributed by atoms with Crippen LogP contribution in [-0.4, -0.2) is 58.9 Å². The summed E-state index contributed by atoms with van der Waals surface area (Å²) in [7, 11) is 3.05. The summed E-state index contributed by atoms with van der Waals surface area (Å²) >= 11 is 13.4. The van der Waals surface area contributed by atoms with E-state index in [0.717, 1.165) is 5.39 Å². The lowest BCUT2D eigenvalue weighted by Crippen LogP contribution is -2.41. The van der Waals surface area contributed by atoms with Crippen molar-refractivity contribution in [3.8, 4) is 22.6 Å². The molecule has 0 radical (unpaired) electrons. The number of nitrogens with one attached hydrogen (secondary N) is 1. The third kappa shape index (κ3) is 4.12. The summed E-state index contributed by atoms with van der Waals surface area (Å²) in [6.45, 7) is 0.929. The molecule has 4 heterocycles. The topological polar surface area (TPSA) is 132 Å². The van der Waals surface area contributed by atoms with Gasteiger partial charge in [0.25, 0.3) is 0 Å². The van der Waals surface area contributed by atoms with Crippen molar-refractivity contribution in [3.05, 3.63) is 51.2 Å². The highest BCUT2D eigenvalue weighted by Gasteiger charge is 2.26. The minimum Gasteiger partial charge on any atom is -0.495 e. The van der Waals surface area contributed by atoms with Gasteiger partial charge in [0, 0.05) is 52.7 Å². The van der Waals surface area contributed by atoms with E-state index in [4.69, 9.17) is 47.9 Å². The van der Waals surface area contributed by atoms with Gasteiger partial charge in [-0.3, -0.25) is 4.40 Å². The molecule has 0 aliphatic carbocycles. The fraction of sp³-hybridized carbons (Fsp3) is 0.318. The number of imidazole rings is 1. The second-order valence-electron chi connectivity index (χ2n) is 7.82. The van der Waals surface area contributed by atoms with E-state index in [2.05, 4.69) is 25.3 Å². The zero-order chi connectivity index (χ0) is 24.5. The molecule has 1 aromatic carbocycles. The van der Waals surface area contributed by atoms with Gasteiger partial charge in [-0.2, -0.15) is 4.98 Å². The molecule has 0 unspecified atom stereocenters. The second-order valence-corrected chi connectivity index (χ2v) is 8.58. The van der Waals surface area contributed by atoms with Crippen molar-refractivity contribution in [2.24, 2.45) is 5.11 Å². The van der Waals surface area contributed by atoms with Crippen LogP contribution in [0, 0.1) is 0 Å². The van der Waals surface area contributed by atoms with E-state index >= 15 is 0 Å². The first-order chi connectivity index (χ1) is 17.0. The quantitative estimate of drug-likeness (QED) is 0.213. The van der Waals surface area contributed by atoms with Gasteiger partial charge in [0.15, 0.2) is 5.65 Å². The molecule has 13 heteroatoms. The molecule has 35 heavy (non-hydrogen) atoms. The Bertz CT molecular complexity index is 1440. The number of hydrogen-bond acceptors (Lipinski definition) is 8. The van der Waals surface area contributed by atoms with Gasteiger partial charge < -0.3 is 19.5 Å².